The number of hydrogen-bond acceptors (Lipinski definition) is 3. The standard InChI is InChI=1S/C14H19ClN6/c1-10(11-6-4-5-7-12(11)15)20-14(16-2)17-8-13-18-9-19-21(13)3/h4-7,9-10H,8H2,1-3H3,(H2,16,17,20). The van der Waals surface area contributed by atoms with Crippen molar-refractivity contribution in [2.75, 3.05) is 7.05 Å². The fourth-order valence-corrected chi connectivity index (χ4v) is 2.25. The van der Waals surface area contributed by atoms with Gasteiger partial charge in [0.25, 0.3) is 0 Å². The molecule has 0 aliphatic rings. The number of nitrogens with zero attached hydrogens (tertiary/aromatic N) is 4. The van der Waals surface area contributed by atoms with Crippen LogP contribution in [-0.2, 0) is 13.6 Å². The quantitative estimate of drug-likeness (QED) is 0.669. The molecule has 0 saturated heterocycles. The zero-order valence-electron chi connectivity index (χ0n) is 12.3. The van der Waals surface area contributed by atoms with Crippen LogP contribution >= 0.6 is 11.6 Å². The van der Waals surface area contributed by atoms with E-state index in [1.165, 1.54) is 6.33 Å². The van der Waals surface area contributed by atoms with Gasteiger partial charge in [-0.1, -0.05) is 29.8 Å². The minimum absolute atomic E-state index is 0.0457. The highest BCUT2D eigenvalue weighted by Crippen LogP contribution is 2.21. The number of aryl methyl sites for hydroxylation is 1. The number of benzene rings is 1. The van der Waals surface area contributed by atoms with Gasteiger partial charge < -0.3 is 10.6 Å². The van der Waals surface area contributed by atoms with Crippen LogP contribution in [0.5, 0.6) is 0 Å². The molecule has 7 heteroatoms. The molecule has 0 aliphatic heterocycles. The molecular weight excluding hydrogens is 288 g/mol. The molecule has 1 heterocycles. The Hall–Kier alpha value is -2.08. The van der Waals surface area contributed by atoms with Gasteiger partial charge >= 0.3 is 0 Å². The van der Waals surface area contributed by atoms with E-state index in [-0.39, 0.29) is 6.04 Å². The predicted octanol–water partition coefficient (Wildman–Crippen LogP) is 1.89. The first-order chi connectivity index (χ1) is 10.1. The number of hydrogen-bond donors (Lipinski definition) is 2. The summed E-state index contributed by atoms with van der Waals surface area (Å²) in [5, 5.41) is 11.3. The van der Waals surface area contributed by atoms with Gasteiger partial charge in [-0.2, -0.15) is 5.10 Å². The normalized spacial score (nSPS) is 13.0. The number of guanidine groups is 1. The minimum atomic E-state index is 0.0457. The van der Waals surface area contributed by atoms with Gasteiger partial charge in [-0.25, -0.2) is 4.98 Å². The molecule has 2 N–H and O–H groups in total. The summed E-state index contributed by atoms with van der Waals surface area (Å²) in [7, 11) is 3.58. The topological polar surface area (TPSA) is 67.1 Å². The van der Waals surface area contributed by atoms with Crippen LogP contribution in [-0.4, -0.2) is 27.8 Å². The van der Waals surface area contributed by atoms with E-state index in [4.69, 9.17) is 11.6 Å². The maximum atomic E-state index is 6.20. The summed E-state index contributed by atoms with van der Waals surface area (Å²) < 4.78 is 1.72. The second-order valence-electron chi connectivity index (χ2n) is 4.61. The largest absolute Gasteiger partial charge is 0.350 e. The third-order valence-electron chi connectivity index (χ3n) is 3.17. The average Bonchev–Trinajstić information content (AvgIpc) is 2.89. The molecule has 21 heavy (non-hydrogen) atoms. The molecule has 2 rings (SSSR count). The molecule has 0 aliphatic carbocycles. The summed E-state index contributed by atoms with van der Waals surface area (Å²) in [6.45, 7) is 2.59. The summed E-state index contributed by atoms with van der Waals surface area (Å²) in [6.07, 6.45) is 1.53. The Labute approximate surface area is 129 Å². The first-order valence-corrected chi connectivity index (χ1v) is 7.04. The predicted molar refractivity (Wildman–Crippen MR) is 84.2 cm³/mol. The molecule has 1 aromatic heterocycles. The Morgan fingerprint density at radius 1 is 1.43 bits per heavy atom. The number of halogens is 1. The maximum Gasteiger partial charge on any atom is 0.191 e. The first kappa shape index (κ1) is 15.3. The fourth-order valence-electron chi connectivity index (χ4n) is 1.95. The lowest BCUT2D eigenvalue weighted by Crippen LogP contribution is -2.38. The Kier molecular flexibility index (Phi) is 5.16. The zero-order valence-corrected chi connectivity index (χ0v) is 13.1. The average molecular weight is 307 g/mol. The highest BCUT2D eigenvalue weighted by atomic mass is 35.5. The van der Waals surface area contributed by atoms with Crippen LogP contribution in [0.25, 0.3) is 0 Å². The van der Waals surface area contributed by atoms with Gasteiger partial charge in [0.2, 0.25) is 0 Å². The number of aromatic nitrogens is 3. The molecule has 6 nitrogen and oxygen atoms in total. The van der Waals surface area contributed by atoms with Crippen molar-refractivity contribution in [1.29, 1.82) is 0 Å². The van der Waals surface area contributed by atoms with Crippen molar-refractivity contribution in [1.82, 2.24) is 25.4 Å². The number of rotatable bonds is 4. The summed E-state index contributed by atoms with van der Waals surface area (Å²) >= 11 is 6.20. The van der Waals surface area contributed by atoms with Crippen molar-refractivity contribution in [2.24, 2.45) is 12.0 Å². The van der Waals surface area contributed by atoms with Crippen molar-refractivity contribution in [3.63, 3.8) is 0 Å². The molecule has 2 aromatic rings. The molecule has 1 aromatic carbocycles. The minimum Gasteiger partial charge on any atom is -0.350 e. The van der Waals surface area contributed by atoms with Crippen LogP contribution < -0.4 is 10.6 Å². The smallest absolute Gasteiger partial charge is 0.191 e. The van der Waals surface area contributed by atoms with E-state index in [2.05, 4.69) is 25.7 Å². The molecule has 0 saturated carbocycles. The molecule has 1 atom stereocenters. The van der Waals surface area contributed by atoms with Gasteiger partial charge in [0.15, 0.2) is 5.96 Å². The van der Waals surface area contributed by atoms with Crippen molar-refractivity contribution < 1.29 is 0 Å². The third-order valence-corrected chi connectivity index (χ3v) is 3.51. The van der Waals surface area contributed by atoms with Crippen LogP contribution in [0.1, 0.15) is 24.4 Å². The molecule has 0 fully saturated rings. The van der Waals surface area contributed by atoms with E-state index in [0.29, 0.717) is 12.5 Å². The fraction of sp³-hybridized carbons (Fsp3) is 0.357. The van der Waals surface area contributed by atoms with E-state index in [1.54, 1.807) is 11.7 Å². The summed E-state index contributed by atoms with van der Waals surface area (Å²) in [5.74, 6) is 1.52. The Morgan fingerprint density at radius 3 is 2.81 bits per heavy atom. The van der Waals surface area contributed by atoms with Crippen molar-refractivity contribution >= 4 is 17.6 Å². The van der Waals surface area contributed by atoms with Crippen molar-refractivity contribution in [2.45, 2.75) is 19.5 Å². The van der Waals surface area contributed by atoms with E-state index in [1.807, 2.05) is 38.2 Å². The second kappa shape index (κ2) is 7.08. The van der Waals surface area contributed by atoms with Gasteiger partial charge in [0.1, 0.15) is 12.2 Å². The van der Waals surface area contributed by atoms with Gasteiger partial charge in [0.05, 0.1) is 12.6 Å². The molecule has 0 amide bonds. The lowest BCUT2D eigenvalue weighted by molar-refractivity contribution is 0.651. The SMILES string of the molecule is CN=C(NCc1ncnn1C)NC(C)c1ccccc1Cl. The summed E-state index contributed by atoms with van der Waals surface area (Å²) in [4.78, 5) is 8.37. The van der Waals surface area contributed by atoms with Gasteiger partial charge in [-0.15, -0.1) is 0 Å². The molecule has 0 radical (unpaired) electrons. The highest BCUT2D eigenvalue weighted by molar-refractivity contribution is 6.31. The van der Waals surface area contributed by atoms with Crippen molar-refractivity contribution in [3.8, 4) is 0 Å². The van der Waals surface area contributed by atoms with Crippen LogP contribution in [0.2, 0.25) is 5.02 Å². The Bertz CT molecular complexity index is 621. The van der Waals surface area contributed by atoms with E-state index in [9.17, 15) is 0 Å². The van der Waals surface area contributed by atoms with Gasteiger partial charge in [-0.05, 0) is 18.6 Å². The van der Waals surface area contributed by atoms with E-state index < -0.39 is 0 Å². The molecule has 0 spiro atoms. The monoisotopic (exact) mass is 306 g/mol. The van der Waals surface area contributed by atoms with Crippen LogP contribution in [0, 0.1) is 0 Å². The van der Waals surface area contributed by atoms with Crippen LogP contribution in [0.4, 0.5) is 0 Å². The maximum absolute atomic E-state index is 6.20. The third kappa shape index (κ3) is 3.95. The first-order valence-electron chi connectivity index (χ1n) is 6.66. The lowest BCUT2D eigenvalue weighted by atomic mass is 10.1. The van der Waals surface area contributed by atoms with Gasteiger partial charge in [0, 0.05) is 19.1 Å². The van der Waals surface area contributed by atoms with Crippen molar-refractivity contribution in [3.05, 3.63) is 47.0 Å². The lowest BCUT2D eigenvalue weighted by Gasteiger charge is -2.19. The second-order valence-corrected chi connectivity index (χ2v) is 5.02. The highest BCUT2D eigenvalue weighted by Gasteiger charge is 2.11. The molecule has 112 valence electrons. The van der Waals surface area contributed by atoms with Gasteiger partial charge in [-0.3, -0.25) is 9.67 Å². The van der Waals surface area contributed by atoms with Crippen LogP contribution in [0.15, 0.2) is 35.6 Å². The number of nitrogens with one attached hydrogen (secondary N) is 2. The summed E-state index contributed by atoms with van der Waals surface area (Å²) in [6, 6.07) is 7.81. The Balaban J connectivity index is 1.97. The molecule has 1 unspecified atom stereocenters. The van der Waals surface area contributed by atoms with Crippen LogP contribution in [0.3, 0.4) is 0 Å². The number of aliphatic imine (C=N–C) groups is 1. The molecule has 0 bridgehead atoms. The summed E-state index contributed by atoms with van der Waals surface area (Å²) in [5.41, 5.74) is 1.03. The molecular formula is C14H19ClN6. The van der Waals surface area contributed by atoms with E-state index in [0.717, 1.165) is 16.4 Å². The zero-order chi connectivity index (χ0) is 15.2. The Morgan fingerprint density at radius 2 is 2.19 bits per heavy atom. The van der Waals surface area contributed by atoms with E-state index >= 15 is 0 Å².